The summed E-state index contributed by atoms with van der Waals surface area (Å²) in [5, 5.41) is 2.08. The number of carbonyl (C=O) groups excluding carboxylic acids is 1. The number of rotatable bonds is 4. The molecule has 0 aliphatic carbocycles. The van der Waals surface area contributed by atoms with E-state index in [2.05, 4.69) is 17.9 Å². The Morgan fingerprint density at radius 1 is 1.42 bits per heavy atom. The lowest BCUT2D eigenvalue weighted by Gasteiger charge is -2.10. The monoisotopic (exact) mass is 278 g/mol. The van der Waals surface area contributed by atoms with Crippen molar-refractivity contribution in [2.75, 3.05) is 5.32 Å². The third-order valence-electron chi connectivity index (χ3n) is 2.30. The third-order valence-corrected chi connectivity index (χ3v) is 2.63. The zero-order valence-electron chi connectivity index (χ0n) is 14.9. The van der Waals surface area contributed by atoms with Gasteiger partial charge in [-0.15, -0.1) is 12.6 Å². The van der Waals surface area contributed by atoms with Crippen LogP contribution in [0.5, 0.6) is 5.75 Å². The van der Waals surface area contributed by atoms with Crippen LogP contribution >= 0.6 is 12.6 Å². The SMILES string of the molecule is [2H]c1cc(OCc2ccccc2)c(S)c([2H])c1NC(=O)C([2H])([2H])[2H]. The van der Waals surface area contributed by atoms with Crippen LogP contribution in [0.4, 0.5) is 5.69 Å². The largest absolute Gasteiger partial charge is 0.488 e. The molecule has 0 aromatic heterocycles. The Labute approximate surface area is 125 Å². The van der Waals surface area contributed by atoms with Gasteiger partial charge in [0.05, 0.1) is 2.74 Å². The van der Waals surface area contributed by atoms with Gasteiger partial charge in [-0.2, -0.15) is 0 Å². The molecule has 3 nitrogen and oxygen atoms in total. The summed E-state index contributed by atoms with van der Waals surface area (Å²) >= 11 is 4.18. The van der Waals surface area contributed by atoms with Gasteiger partial charge in [-0.05, 0) is 23.7 Å². The van der Waals surface area contributed by atoms with Crippen molar-refractivity contribution in [2.45, 2.75) is 18.4 Å². The standard InChI is InChI=1S/C15H15NO2S/c1-11(17)16-13-7-8-14(15(19)9-13)18-10-12-5-3-2-4-6-12/h2-9,19H,10H2,1H3,(H,16,17)/i1D3,7D,9D. The number of thiol groups is 1. The lowest BCUT2D eigenvalue weighted by molar-refractivity contribution is -0.114. The summed E-state index contributed by atoms with van der Waals surface area (Å²) in [6.45, 7) is -2.63. The first kappa shape index (κ1) is 8.27. The molecule has 0 heterocycles. The molecule has 0 saturated carbocycles. The van der Waals surface area contributed by atoms with Gasteiger partial charge in [0.15, 0.2) is 0 Å². The molecule has 0 unspecified atom stereocenters. The molecule has 2 aromatic carbocycles. The normalized spacial score (nSPS) is 14.5. The van der Waals surface area contributed by atoms with E-state index < -0.39 is 12.8 Å². The second-order valence-corrected chi connectivity index (χ2v) is 4.18. The predicted molar refractivity (Wildman–Crippen MR) is 78.8 cm³/mol. The number of hydrogen-bond acceptors (Lipinski definition) is 3. The van der Waals surface area contributed by atoms with Crippen molar-refractivity contribution in [2.24, 2.45) is 0 Å². The smallest absolute Gasteiger partial charge is 0.221 e. The molecule has 0 bridgehead atoms. The molecule has 0 aliphatic rings. The number of hydrogen-bond donors (Lipinski definition) is 2. The minimum atomic E-state index is -2.86. The van der Waals surface area contributed by atoms with E-state index in [1.165, 1.54) is 6.07 Å². The minimum absolute atomic E-state index is 0.114. The summed E-state index contributed by atoms with van der Waals surface area (Å²) in [5.74, 6) is -1.04. The fourth-order valence-electron chi connectivity index (χ4n) is 1.45. The van der Waals surface area contributed by atoms with E-state index in [1.807, 2.05) is 30.3 Å². The Morgan fingerprint density at radius 3 is 2.95 bits per heavy atom. The molecule has 1 N–H and O–H groups in total. The number of ether oxygens (including phenoxy) is 1. The van der Waals surface area contributed by atoms with E-state index in [9.17, 15) is 4.79 Å². The van der Waals surface area contributed by atoms with E-state index in [0.717, 1.165) is 5.56 Å². The number of amides is 1. The minimum Gasteiger partial charge on any atom is -0.488 e. The van der Waals surface area contributed by atoms with Crippen molar-refractivity contribution in [3.8, 4) is 5.75 Å². The molecule has 0 aliphatic heterocycles. The van der Waals surface area contributed by atoms with Gasteiger partial charge in [-0.25, -0.2) is 0 Å². The van der Waals surface area contributed by atoms with Crippen LogP contribution in [0.1, 0.15) is 19.3 Å². The Hall–Kier alpha value is -1.94. The molecule has 0 fully saturated rings. The van der Waals surface area contributed by atoms with E-state index in [4.69, 9.17) is 11.6 Å². The first-order chi connectivity index (χ1) is 11.2. The van der Waals surface area contributed by atoms with E-state index >= 15 is 0 Å². The zero-order valence-corrected chi connectivity index (χ0v) is 10.8. The summed E-state index contributed by atoms with van der Waals surface area (Å²) in [6, 6.07) is 10.1. The molecule has 4 heteroatoms. The van der Waals surface area contributed by atoms with Gasteiger partial charge in [0.25, 0.3) is 0 Å². The third kappa shape index (κ3) is 4.03. The Morgan fingerprint density at radius 2 is 2.21 bits per heavy atom. The molecule has 98 valence electrons. The van der Waals surface area contributed by atoms with E-state index in [1.54, 1.807) is 0 Å². The van der Waals surface area contributed by atoms with Gasteiger partial charge in [0.2, 0.25) is 5.91 Å². The van der Waals surface area contributed by atoms with Gasteiger partial charge in [-0.3, -0.25) is 4.79 Å². The maximum Gasteiger partial charge on any atom is 0.221 e. The average Bonchev–Trinajstić information content (AvgIpc) is 2.53. The van der Waals surface area contributed by atoms with Crippen LogP contribution in [0, 0.1) is 0 Å². The Kier molecular flexibility index (Phi) is 2.74. The molecular weight excluding hydrogens is 258 g/mol. The maximum absolute atomic E-state index is 11.5. The number of nitrogens with one attached hydrogen (secondary N) is 1. The van der Waals surface area contributed by atoms with Gasteiger partial charge in [-0.1, -0.05) is 30.3 Å². The Bertz CT molecular complexity index is 750. The van der Waals surface area contributed by atoms with Gasteiger partial charge in [0, 0.05) is 21.5 Å². The quantitative estimate of drug-likeness (QED) is 0.840. The number of carbonyl (C=O) groups is 1. The van der Waals surface area contributed by atoms with Gasteiger partial charge in [0.1, 0.15) is 12.4 Å². The van der Waals surface area contributed by atoms with E-state index in [-0.39, 0.29) is 35.0 Å². The fourth-order valence-corrected chi connectivity index (χ4v) is 1.69. The summed E-state index contributed by atoms with van der Waals surface area (Å²) in [5.41, 5.74) is 0.691. The van der Waals surface area contributed by atoms with Crippen LogP contribution in [0.15, 0.2) is 53.4 Å². The van der Waals surface area contributed by atoms with Gasteiger partial charge < -0.3 is 10.1 Å². The van der Waals surface area contributed by atoms with Gasteiger partial charge >= 0.3 is 0 Å². The van der Waals surface area contributed by atoms with Crippen LogP contribution in [0.2, 0.25) is 0 Å². The van der Waals surface area contributed by atoms with Crippen molar-refractivity contribution in [1.82, 2.24) is 0 Å². The average molecular weight is 278 g/mol. The van der Waals surface area contributed by atoms with Crippen LogP contribution in [-0.2, 0) is 11.4 Å². The molecule has 0 saturated heterocycles. The molecule has 2 rings (SSSR count). The summed E-state index contributed by atoms with van der Waals surface area (Å²) in [4.78, 5) is 11.7. The first-order valence-corrected chi connectivity index (χ1v) is 5.96. The van der Waals surface area contributed by atoms with Crippen LogP contribution in [-0.4, -0.2) is 5.91 Å². The van der Waals surface area contributed by atoms with Crippen molar-refractivity contribution in [1.29, 1.82) is 0 Å². The highest BCUT2D eigenvalue weighted by Crippen LogP contribution is 2.26. The molecule has 1 amide bonds. The highest BCUT2D eigenvalue weighted by atomic mass is 32.1. The molecule has 19 heavy (non-hydrogen) atoms. The van der Waals surface area contributed by atoms with Crippen LogP contribution < -0.4 is 10.1 Å². The van der Waals surface area contributed by atoms with Crippen LogP contribution in [0.3, 0.4) is 0 Å². The lowest BCUT2D eigenvalue weighted by Crippen LogP contribution is -2.05. The van der Waals surface area contributed by atoms with Crippen LogP contribution in [0.25, 0.3) is 0 Å². The van der Waals surface area contributed by atoms with E-state index in [0.29, 0.717) is 0 Å². The highest BCUT2D eigenvalue weighted by Gasteiger charge is 2.03. The van der Waals surface area contributed by atoms with Crippen molar-refractivity contribution < 1.29 is 16.4 Å². The predicted octanol–water partition coefficient (Wildman–Crippen LogP) is 3.51. The zero-order chi connectivity index (χ0) is 17.9. The lowest BCUT2D eigenvalue weighted by atomic mass is 10.2. The topological polar surface area (TPSA) is 38.3 Å². The first-order valence-electron chi connectivity index (χ1n) is 8.01. The molecule has 2 aromatic rings. The summed E-state index contributed by atoms with van der Waals surface area (Å²) in [7, 11) is 0. The second-order valence-electron chi connectivity index (χ2n) is 3.73. The van der Waals surface area contributed by atoms with Crippen molar-refractivity contribution in [3.63, 3.8) is 0 Å². The number of benzene rings is 2. The summed E-state index contributed by atoms with van der Waals surface area (Å²) < 4.78 is 42.6. The fraction of sp³-hybridized carbons (Fsp3) is 0.133. The second kappa shape index (κ2) is 6.29. The highest BCUT2D eigenvalue weighted by molar-refractivity contribution is 7.80. The number of anilines is 1. The molecule has 0 spiro atoms. The molecular formula is C15H15NO2S. The Balaban J connectivity index is 2.23. The molecule has 0 radical (unpaired) electrons. The van der Waals surface area contributed by atoms with Crippen molar-refractivity contribution in [3.05, 3.63) is 54.0 Å². The summed E-state index contributed by atoms with van der Waals surface area (Å²) in [6.07, 6.45) is 0. The maximum atomic E-state index is 11.5. The molecule has 0 atom stereocenters. The van der Waals surface area contributed by atoms with Crippen molar-refractivity contribution >= 4 is 24.2 Å².